The molecule has 0 saturated heterocycles. The molecule has 0 unspecified atom stereocenters. The molecule has 0 fully saturated rings. The van der Waals surface area contributed by atoms with Crippen molar-refractivity contribution < 1.29 is 4.74 Å². The first kappa shape index (κ1) is 14.3. The van der Waals surface area contributed by atoms with Gasteiger partial charge in [-0.1, -0.05) is 0 Å². The van der Waals surface area contributed by atoms with E-state index in [-0.39, 0.29) is 5.54 Å². The Labute approximate surface area is 118 Å². The first-order chi connectivity index (χ1) is 8.99. The fourth-order valence-corrected chi connectivity index (χ4v) is 2.59. The molecule has 19 heavy (non-hydrogen) atoms. The lowest BCUT2D eigenvalue weighted by molar-refractivity contribution is 0.110. The summed E-state index contributed by atoms with van der Waals surface area (Å²) in [5.41, 5.74) is 2.73. The number of aromatic nitrogens is 3. The molecule has 0 atom stereocenters. The van der Waals surface area contributed by atoms with E-state index in [1.54, 1.807) is 7.11 Å². The average Bonchev–Trinajstić information content (AvgIpc) is 2.67. The number of hydrogen-bond acceptors (Lipinski definition) is 3. The minimum absolute atomic E-state index is 0.201. The second-order valence-corrected chi connectivity index (χ2v) is 5.78. The van der Waals surface area contributed by atoms with Gasteiger partial charge in [0.25, 0.3) is 0 Å². The molecule has 0 aliphatic rings. The van der Waals surface area contributed by atoms with Crippen molar-refractivity contribution in [3.8, 4) is 0 Å². The summed E-state index contributed by atoms with van der Waals surface area (Å²) in [5.74, 6) is 1.51. The molecular weight excluding hydrogens is 262 g/mol. The Hall–Kier alpha value is -1.13. The Kier molecular flexibility index (Phi) is 4.11. The second-order valence-electron chi connectivity index (χ2n) is 5.40. The van der Waals surface area contributed by atoms with Crippen molar-refractivity contribution in [2.45, 2.75) is 32.7 Å². The van der Waals surface area contributed by atoms with Crippen LogP contribution in [0.4, 0.5) is 0 Å². The Morgan fingerprint density at radius 1 is 1.42 bits per heavy atom. The molecule has 5 heteroatoms. The van der Waals surface area contributed by atoms with E-state index in [1.165, 1.54) is 0 Å². The highest BCUT2D eigenvalue weighted by molar-refractivity contribution is 6.17. The first-order valence-corrected chi connectivity index (χ1v) is 6.92. The third kappa shape index (κ3) is 2.74. The number of hydrogen-bond donors (Lipinski definition) is 0. The Balaban J connectivity index is 2.64. The van der Waals surface area contributed by atoms with Gasteiger partial charge >= 0.3 is 0 Å². The number of halogens is 1. The number of pyridine rings is 1. The van der Waals surface area contributed by atoms with E-state index < -0.39 is 0 Å². The van der Waals surface area contributed by atoms with Gasteiger partial charge in [-0.15, -0.1) is 11.6 Å². The van der Waals surface area contributed by atoms with Crippen molar-refractivity contribution in [3.05, 3.63) is 23.7 Å². The summed E-state index contributed by atoms with van der Waals surface area (Å²) < 4.78 is 7.47. The summed E-state index contributed by atoms with van der Waals surface area (Å²) in [5, 5.41) is 0. The molecule has 0 N–H and O–H groups in total. The maximum Gasteiger partial charge on any atom is 0.160 e. The zero-order valence-corrected chi connectivity index (χ0v) is 12.7. The molecule has 0 radical (unpaired) electrons. The van der Waals surface area contributed by atoms with Crippen LogP contribution in [-0.2, 0) is 16.7 Å². The van der Waals surface area contributed by atoms with E-state index in [9.17, 15) is 0 Å². The predicted octanol–water partition coefficient (Wildman–Crippen LogP) is 2.90. The van der Waals surface area contributed by atoms with Gasteiger partial charge in [-0.25, -0.2) is 9.97 Å². The van der Waals surface area contributed by atoms with Crippen molar-refractivity contribution in [1.82, 2.24) is 14.5 Å². The largest absolute Gasteiger partial charge is 0.382 e. The van der Waals surface area contributed by atoms with Crippen LogP contribution in [0.5, 0.6) is 0 Å². The SMILES string of the molecule is COCC(C)(C)n1c(CCCl)nc2cc(C)cnc21. The molecule has 2 rings (SSSR count). The summed E-state index contributed by atoms with van der Waals surface area (Å²) in [7, 11) is 1.71. The standard InChI is InChI=1S/C14H20ClN3O/c1-10-7-11-13(16-8-10)18(12(17-11)5-6-15)14(2,3)9-19-4/h7-8H,5-6,9H2,1-4H3. The fourth-order valence-electron chi connectivity index (χ4n) is 2.42. The van der Waals surface area contributed by atoms with Gasteiger partial charge in [-0.3, -0.25) is 0 Å². The third-order valence-electron chi connectivity index (χ3n) is 3.12. The van der Waals surface area contributed by atoms with Crippen molar-refractivity contribution in [3.63, 3.8) is 0 Å². The zero-order chi connectivity index (χ0) is 14.0. The molecule has 104 valence electrons. The van der Waals surface area contributed by atoms with Crippen LogP contribution < -0.4 is 0 Å². The minimum Gasteiger partial charge on any atom is -0.382 e. The summed E-state index contributed by atoms with van der Waals surface area (Å²) in [4.78, 5) is 9.21. The van der Waals surface area contributed by atoms with Crippen LogP contribution in [0.2, 0.25) is 0 Å². The first-order valence-electron chi connectivity index (χ1n) is 6.39. The van der Waals surface area contributed by atoms with Crippen LogP contribution in [0.3, 0.4) is 0 Å². The topological polar surface area (TPSA) is 39.9 Å². The zero-order valence-electron chi connectivity index (χ0n) is 11.9. The van der Waals surface area contributed by atoms with Crippen LogP contribution in [0.25, 0.3) is 11.2 Å². The lowest BCUT2D eigenvalue weighted by Gasteiger charge is -2.28. The number of alkyl halides is 1. The lowest BCUT2D eigenvalue weighted by atomic mass is 10.1. The van der Waals surface area contributed by atoms with Crippen molar-refractivity contribution in [2.24, 2.45) is 0 Å². The van der Waals surface area contributed by atoms with E-state index in [1.807, 2.05) is 13.1 Å². The van der Waals surface area contributed by atoms with E-state index in [4.69, 9.17) is 16.3 Å². The second kappa shape index (κ2) is 5.47. The molecule has 0 spiro atoms. The quantitative estimate of drug-likeness (QED) is 0.791. The van der Waals surface area contributed by atoms with Gasteiger partial charge in [0.1, 0.15) is 11.3 Å². The lowest BCUT2D eigenvalue weighted by Crippen LogP contribution is -2.33. The van der Waals surface area contributed by atoms with Gasteiger partial charge in [0.05, 0.1) is 12.1 Å². The molecule has 4 nitrogen and oxygen atoms in total. The van der Waals surface area contributed by atoms with Crippen LogP contribution in [0.1, 0.15) is 25.2 Å². The van der Waals surface area contributed by atoms with Gasteiger partial charge in [-0.2, -0.15) is 0 Å². The van der Waals surface area contributed by atoms with Gasteiger partial charge < -0.3 is 9.30 Å². The van der Waals surface area contributed by atoms with E-state index in [2.05, 4.69) is 34.4 Å². The van der Waals surface area contributed by atoms with Crippen molar-refractivity contribution in [2.75, 3.05) is 19.6 Å². The van der Waals surface area contributed by atoms with Crippen molar-refractivity contribution in [1.29, 1.82) is 0 Å². The maximum absolute atomic E-state index is 5.89. The van der Waals surface area contributed by atoms with E-state index >= 15 is 0 Å². The average molecular weight is 282 g/mol. The minimum atomic E-state index is -0.201. The molecule has 0 aliphatic heterocycles. The molecule has 2 heterocycles. The highest BCUT2D eigenvalue weighted by atomic mass is 35.5. The van der Waals surface area contributed by atoms with Crippen LogP contribution in [-0.4, -0.2) is 34.1 Å². The Bertz CT molecular complexity index is 577. The molecule has 2 aromatic rings. The summed E-state index contributed by atoms with van der Waals surface area (Å²) in [6, 6.07) is 2.06. The molecule has 0 saturated carbocycles. The highest BCUT2D eigenvalue weighted by Crippen LogP contribution is 2.25. The number of imidazole rings is 1. The normalized spacial score (nSPS) is 12.3. The van der Waals surface area contributed by atoms with Crippen molar-refractivity contribution >= 4 is 22.8 Å². The third-order valence-corrected chi connectivity index (χ3v) is 3.31. The number of methoxy groups -OCH3 is 1. The Morgan fingerprint density at radius 2 is 2.16 bits per heavy atom. The van der Waals surface area contributed by atoms with Crippen LogP contribution in [0.15, 0.2) is 12.3 Å². The molecule has 0 aromatic carbocycles. The number of ether oxygens (including phenoxy) is 1. The van der Waals surface area contributed by atoms with Gasteiger partial charge in [0, 0.05) is 25.6 Å². The number of fused-ring (bicyclic) bond motifs is 1. The number of nitrogens with zero attached hydrogens (tertiary/aromatic N) is 3. The fraction of sp³-hybridized carbons (Fsp3) is 0.571. The smallest absolute Gasteiger partial charge is 0.160 e. The summed E-state index contributed by atoms with van der Waals surface area (Å²) in [6.45, 7) is 6.87. The molecule has 0 bridgehead atoms. The number of aryl methyl sites for hydroxylation is 2. The summed E-state index contributed by atoms with van der Waals surface area (Å²) in [6.07, 6.45) is 2.60. The monoisotopic (exact) mass is 281 g/mol. The van der Waals surface area contributed by atoms with Crippen LogP contribution in [0, 0.1) is 6.92 Å². The molecule has 0 amide bonds. The van der Waals surface area contributed by atoms with Gasteiger partial charge in [0.15, 0.2) is 5.65 Å². The maximum atomic E-state index is 5.89. The van der Waals surface area contributed by atoms with E-state index in [0.29, 0.717) is 12.5 Å². The molecule has 0 aliphatic carbocycles. The molecular formula is C14H20ClN3O. The van der Waals surface area contributed by atoms with Gasteiger partial charge in [-0.05, 0) is 32.4 Å². The predicted molar refractivity (Wildman–Crippen MR) is 77.9 cm³/mol. The molecule has 2 aromatic heterocycles. The number of rotatable bonds is 5. The van der Waals surface area contributed by atoms with Gasteiger partial charge in [0.2, 0.25) is 0 Å². The Morgan fingerprint density at radius 3 is 2.79 bits per heavy atom. The van der Waals surface area contributed by atoms with Crippen LogP contribution >= 0.6 is 11.6 Å². The highest BCUT2D eigenvalue weighted by Gasteiger charge is 2.26. The van der Waals surface area contributed by atoms with E-state index in [0.717, 1.165) is 29.0 Å². The summed E-state index contributed by atoms with van der Waals surface area (Å²) >= 11 is 5.89.